The summed E-state index contributed by atoms with van der Waals surface area (Å²) in [6.07, 6.45) is 0. The van der Waals surface area contributed by atoms with Crippen LogP contribution in [0.3, 0.4) is 0 Å². The SMILES string of the molecule is Cc1ccc2oc(-c3ccc(N)cc3F)nc2n1. The van der Waals surface area contributed by atoms with E-state index in [0.717, 1.165) is 5.69 Å². The number of aromatic nitrogens is 2. The maximum atomic E-state index is 13.7. The summed E-state index contributed by atoms with van der Waals surface area (Å²) in [6.45, 7) is 1.86. The second-order valence-electron chi connectivity index (χ2n) is 4.03. The minimum absolute atomic E-state index is 0.209. The Hall–Kier alpha value is -2.43. The zero-order valence-corrected chi connectivity index (χ0v) is 9.64. The molecule has 0 aliphatic rings. The van der Waals surface area contributed by atoms with Gasteiger partial charge >= 0.3 is 0 Å². The van der Waals surface area contributed by atoms with Crippen LogP contribution in [0.2, 0.25) is 0 Å². The van der Waals surface area contributed by atoms with Crippen LogP contribution in [-0.2, 0) is 0 Å². The van der Waals surface area contributed by atoms with E-state index in [9.17, 15) is 4.39 Å². The zero-order valence-electron chi connectivity index (χ0n) is 9.64. The molecule has 0 saturated heterocycles. The first-order valence-corrected chi connectivity index (χ1v) is 5.43. The summed E-state index contributed by atoms with van der Waals surface area (Å²) >= 11 is 0. The number of nitrogens with zero attached hydrogens (tertiary/aromatic N) is 2. The van der Waals surface area contributed by atoms with Gasteiger partial charge < -0.3 is 10.2 Å². The normalized spacial score (nSPS) is 11.0. The van der Waals surface area contributed by atoms with Crippen molar-refractivity contribution in [2.24, 2.45) is 0 Å². The molecule has 2 aromatic heterocycles. The molecule has 2 N–H and O–H groups in total. The van der Waals surface area contributed by atoms with Crippen molar-refractivity contribution < 1.29 is 8.81 Å². The molecule has 0 unspecified atom stereocenters. The van der Waals surface area contributed by atoms with Crippen LogP contribution in [-0.4, -0.2) is 9.97 Å². The third kappa shape index (κ3) is 1.69. The summed E-state index contributed by atoms with van der Waals surface area (Å²) in [7, 11) is 0. The molecule has 0 amide bonds. The monoisotopic (exact) mass is 243 g/mol. The van der Waals surface area contributed by atoms with Gasteiger partial charge in [0.2, 0.25) is 5.89 Å². The van der Waals surface area contributed by atoms with E-state index >= 15 is 0 Å². The first-order valence-electron chi connectivity index (χ1n) is 5.43. The lowest BCUT2D eigenvalue weighted by molar-refractivity contribution is 0.594. The van der Waals surface area contributed by atoms with Gasteiger partial charge in [-0.05, 0) is 37.3 Å². The fourth-order valence-electron chi connectivity index (χ4n) is 1.73. The molecule has 0 spiro atoms. The molecule has 0 saturated carbocycles. The number of aryl methyl sites for hydroxylation is 1. The third-order valence-electron chi connectivity index (χ3n) is 2.62. The van der Waals surface area contributed by atoms with Crippen molar-refractivity contribution in [1.29, 1.82) is 0 Å². The summed E-state index contributed by atoms with van der Waals surface area (Å²) in [5, 5.41) is 0. The van der Waals surface area contributed by atoms with E-state index in [-0.39, 0.29) is 11.5 Å². The van der Waals surface area contributed by atoms with Crippen molar-refractivity contribution in [3.8, 4) is 11.5 Å². The first-order chi connectivity index (χ1) is 8.63. The highest BCUT2D eigenvalue weighted by molar-refractivity contribution is 5.73. The molecule has 3 rings (SSSR count). The highest BCUT2D eigenvalue weighted by Crippen LogP contribution is 2.26. The third-order valence-corrected chi connectivity index (χ3v) is 2.62. The number of benzene rings is 1. The Morgan fingerprint density at radius 2 is 2.00 bits per heavy atom. The Bertz CT molecular complexity index is 736. The number of hydrogen-bond donors (Lipinski definition) is 1. The molecule has 0 aliphatic heterocycles. The summed E-state index contributed by atoms with van der Waals surface area (Å²) in [4.78, 5) is 8.39. The van der Waals surface area contributed by atoms with Gasteiger partial charge in [0.1, 0.15) is 5.82 Å². The Morgan fingerprint density at radius 3 is 2.78 bits per heavy atom. The van der Waals surface area contributed by atoms with Crippen LogP contribution >= 0.6 is 0 Å². The number of nitrogen functional groups attached to an aromatic ring is 1. The van der Waals surface area contributed by atoms with Crippen LogP contribution in [0.4, 0.5) is 10.1 Å². The standard InChI is InChI=1S/C13H10FN3O/c1-7-2-5-11-12(16-7)17-13(18-11)9-4-3-8(15)6-10(9)14/h2-6H,15H2,1H3. The highest BCUT2D eigenvalue weighted by Gasteiger charge is 2.13. The number of rotatable bonds is 1. The predicted molar refractivity (Wildman–Crippen MR) is 66.3 cm³/mol. The lowest BCUT2D eigenvalue weighted by Gasteiger charge is -1.98. The molecular weight excluding hydrogens is 233 g/mol. The van der Waals surface area contributed by atoms with Crippen molar-refractivity contribution >= 4 is 16.9 Å². The van der Waals surface area contributed by atoms with E-state index < -0.39 is 5.82 Å². The van der Waals surface area contributed by atoms with Crippen molar-refractivity contribution in [1.82, 2.24) is 9.97 Å². The zero-order chi connectivity index (χ0) is 12.7. The number of nitrogens with two attached hydrogens (primary N) is 1. The number of hydrogen-bond acceptors (Lipinski definition) is 4. The maximum absolute atomic E-state index is 13.7. The molecule has 0 bridgehead atoms. The van der Waals surface area contributed by atoms with Gasteiger partial charge in [-0.3, -0.25) is 0 Å². The quantitative estimate of drug-likeness (QED) is 0.667. The average Bonchev–Trinajstić information content (AvgIpc) is 2.71. The van der Waals surface area contributed by atoms with Crippen molar-refractivity contribution in [2.75, 3.05) is 5.73 Å². The summed E-state index contributed by atoms with van der Waals surface area (Å²) < 4.78 is 19.2. The van der Waals surface area contributed by atoms with Gasteiger partial charge in [0.25, 0.3) is 0 Å². The number of oxazole rings is 1. The second-order valence-corrected chi connectivity index (χ2v) is 4.03. The van der Waals surface area contributed by atoms with Crippen LogP contribution in [0.5, 0.6) is 0 Å². The van der Waals surface area contributed by atoms with E-state index in [1.165, 1.54) is 6.07 Å². The van der Waals surface area contributed by atoms with E-state index in [0.29, 0.717) is 16.9 Å². The van der Waals surface area contributed by atoms with E-state index in [2.05, 4.69) is 9.97 Å². The molecule has 2 heterocycles. The van der Waals surface area contributed by atoms with Gasteiger partial charge in [-0.15, -0.1) is 0 Å². The Balaban J connectivity index is 2.19. The van der Waals surface area contributed by atoms with E-state index in [4.69, 9.17) is 10.2 Å². The Kier molecular flexibility index (Phi) is 2.26. The first kappa shape index (κ1) is 10.7. The van der Waals surface area contributed by atoms with Crippen LogP contribution < -0.4 is 5.73 Å². The lowest BCUT2D eigenvalue weighted by atomic mass is 10.2. The lowest BCUT2D eigenvalue weighted by Crippen LogP contribution is -1.89. The molecule has 1 aromatic carbocycles. The van der Waals surface area contributed by atoms with E-state index in [1.54, 1.807) is 18.2 Å². The van der Waals surface area contributed by atoms with Crippen LogP contribution in [0.15, 0.2) is 34.7 Å². The molecule has 0 atom stereocenters. The largest absolute Gasteiger partial charge is 0.434 e. The average molecular weight is 243 g/mol. The predicted octanol–water partition coefficient (Wildman–Crippen LogP) is 2.92. The van der Waals surface area contributed by atoms with Crippen molar-refractivity contribution in [3.05, 3.63) is 41.8 Å². The summed E-state index contributed by atoms with van der Waals surface area (Å²) in [6, 6.07) is 7.97. The molecule has 0 fully saturated rings. The van der Waals surface area contributed by atoms with Crippen molar-refractivity contribution in [2.45, 2.75) is 6.92 Å². The van der Waals surface area contributed by atoms with Gasteiger partial charge in [-0.1, -0.05) is 0 Å². The maximum Gasteiger partial charge on any atom is 0.231 e. The number of pyridine rings is 1. The molecule has 18 heavy (non-hydrogen) atoms. The molecule has 5 heteroatoms. The minimum atomic E-state index is -0.460. The molecular formula is C13H10FN3O. The number of fused-ring (bicyclic) bond motifs is 1. The Labute approximate surface area is 102 Å². The number of halogens is 1. The van der Waals surface area contributed by atoms with Gasteiger partial charge in [-0.25, -0.2) is 9.37 Å². The van der Waals surface area contributed by atoms with E-state index in [1.807, 2.05) is 13.0 Å². The highest BCUT2D eigenvalue weighted by atomic mass is 19.1. The molecule has 3 aromatic rings. The molecule has 90 valence electrons. The molecule has 0 radical (unpaired) electrons. The van der Waals surface area contributed by atoms with Gasteiger partial charge in [0.15, 0.2) is 11.2 Å². The smallest absolute Gasteiger partial charge is 0.231 e. The topological polar surface area (TPSA) is 64.9 Å². The van der Waals surface area contributed by atoms with Crippen LogP contribution in [0.25, 0.3) is 22.7 Å². The van der Waals surface area contributed by atoms with Crippen LogP contribution in [0.1, 0.15) is 5.69 Å². The fourth-order valence-corrected chi connectivity index (χ4v) is 1.73. The summed E-state index contributed by atoms with van der Waals surface area (Å²) in [5.41, 5.74) is 7.98. The Morgan fingerprint density at radius 1 is 1.17 bits per heavy atom. The number of anilines is 1. The minimum Gasteiger partial charge on any atom is -0.434 e. The molecule has 0 aliphatic carbocycles. The van der Waals surface area contributed by atoms with Gasteiger partial charge in [0.05, 0.1) is 5.56 Å². The van der Waals surface area contributed by atoms with Crippen molar-refractivity contribution in [3.63, 3.8) is 0 Å². The summed E-state index contributed by atoms with van der Waals surface area (Å²) in [5.74, 6) is -0.251. The fraction of sp³-hybridized carbons (Fsp3) is 0.0769. The molecule has 4 nitrogen and oxygen atoms in total. The second kappa shape index (κ2) is 3.80. The van der Waals surface area contributed by atoms with Gasteiger partial charge in [-0.2, -0.15) is 4.98 Å². The van der Waals surface area contributed by atoms with Gasteiger partial charge in [0, 0.05) is 11.4 Å². The van der Waals surface area contributed by atoms with Crippen LogP contribution in [0, 0.1) is 12.7 Å².